The van der Waals surface area contributed by atoms with Crippen molar-refractivity contribution in [2.75, 3.05) is 36.7 Å². The van der Waals surface area contributed by atoms with E-state index in [9.17, 15) is 4.79 Å². The molecule has 1 amide bonds. The number of rotatable bonds is 4. The number of anilines is 3. The molecular formula is C17H21N3O. The molecule has 0 aliphatic rings. The smallest absolute Gasteiger partial charge is 0.257 e. The summed E-state index contributed by atoms with van der Waals surface area (Å²) in [4.78, 5) is 14.4. The van der Waals surface area contributed by atoms with Crippen LogP contribution in [0.5, 0.6) is 0 Å². The van der Waals surface area contributed by atoms with Crippen molar-refractivity contribution in [3.8, 4) is 0 Å². The van der Waals surface area contributed by atoms with Crippen molar-refractivity contribution in [2.24, 2.45) is 0 Å². The van der Waals surface area contributed by atoms with E-state index in [2.05, 4.69) is 10.6 Å². The fourth-order valence-electron chi connectivity index (χ4n) is 2.10. The molecule has 2 aromatic rings. The Morgan fingerprint density at radius 1 is 1.05 bits per heavy atom. The van der Waals surface area contributed by atoms with Gasteiger partial charge in [-0.15, -0.1) is 0 Å². The van der Waals surface area contributed by atoms with Gasteiger partial charge in [0.15, 0.2) is 0 Å². The van der Waals surface area contributed by atoms with Crippen molar-refractivity contribution in [1.82, 2.24) is 0 Å². The first-order chi connectivity index (χ1) is 10.0. The average Bonchev–Trinajstić information content (AvgIpc) is 2.47. The molecule has 2 aromatic carbocycles. The second-order valence-electron chi connectivity index (χ2n) is 5.19. The predicted molar refractivity (Wildman–Crippen MR) is 89.4 cm³/mol. The van der Waals surface area contributed by atoms with Gasteiger partial charge in [0.05, 0.1) is 5.56 Å². The first kappa shape index (κ1) is 14.9. The summed E-state index contributed by atoms with van der Waals surface area (Å²) in [5, 5.41) is 5.98. The number of hydrogen-bond donors (Lipinski definition) is 2. The van der Waals surface area contributed by atoms with Gasteiger partial charge in [0, 0.05) is 38.2 Å². The maximum atomic E-state index is 12.4. The quantitative estimate of drug-likeness (QED) is 0.904. The number of nitrogens with zero attached hydrogens (tertiary/aromatic N) is 1. The summed E-state index contributed by atoms with van der Waals surface area (Å²) in [5.74, 6) is -0.114. The summed E-state index contributed by atoms with van der Waals surface area (Å²) in [6, 6.07) is 13.5. The van der Waals surface area contributed by atoms with Gasteiger partial charge in [-0.05, 0) is 48.9 Å². The molecule has 0 aliphatic carbocycles. The van der Waals surface area contributed by atoms with Gasteiger partial charge >= 0.3 is 0 Å². The van der Waals surface area contributed by atoms with Crippen LogP contribution in [0, 0.1) is 6.92 Å². The van der Waals surface area contributed by atoms with E-state index in [1.54, 1.807) is 0 Å². The van der Waals surface area contributed by atoms with Gasteiger partial charge in [0.1, 0.15) is 0 Å². The highest BCUT2D eigenvalue weighted by atomic mass is 16.1. The molecular weight excluding hydrogens is 262 g/mol. The number of benzene rings is 2. The van der Waals surface area contributed by atoms with Crippen LogP contribution in [0.2, 0.25) is 0 Å². The molecule has 21 heavy (non-hydrogen) atoms. The molecule has 0 unspecified atom stereocenters. The normalized spacial score (nSPS) is 10.1. The van der Waals surface area contributed by atoms with Crippen LogP contribution < -0.4 is 15.5 Å². The van der Waals surface area contributed by atoms with Gasteiger partial charge < -0.3 is 15.5 Å². The summed E-state index contributed by atoms with van der Waals surface area (Å²) in [5.41, 5.74) is 4.47. The van der Waals surface area contributed by atoms with Gasteiger partial charge in [-0.2, -0.15) is 0 Å². The van der Waals surface area contributed by atoms with E-state index in [0.717, 1.165) is 22.6 Å². The first-order valence-electron chi connectivity index (χ1n) is 6.88. The van der Waals surface area contributed by atoms with Crippen LogP contribution in [0.4, 0.5) is 17.1 Å². The largest absolute Gasteiger partial charge is 0.387 e. The number of carbonyl (C=O) groups is 1. The van der Waals surface area contributed by atoms with E-state index in [4.69, 9.17) is 0 Å². The fourth-order valence-corrected chi connectivity index (χ4v) is 2.10. The number of carbonyl (C=O) groups excluding carboxylic acids is 1. The van der Waals surface area contributed by atoms with Crippen LogP contribution in [0.1, 0.15) is 15.9 Å². The molecule has 0 bridgehead atoms. The van der Waals surface area contributed by atoms with E-state index < -0.39 is 0 Å². The minimum atomic E-state index is -0.114. The zero-order valence-electron chi connectivity index (χ0n) is 12.9. The van der Waals surface area contributed by atoms with E-state index >= 15 is 0 Å². The molecule has 110 valence electrons. The van der Waals surface area contributed by atoms with Crippen molar-refractivity contribution in [3.05, 3.63) is 53.6 Å². The molecule has 2 N–H and O–H groups in total. The molecule has 0 radical (unpaired) electrons. The third kappa shape index (κ3) is 3.54. The lowest BCUT2D eigenvalue weighted by Gasteiger charge is -2.14. The Hall–Kier alpha value is -2.49. The molecule has 4 heteroatoms. The Kier molecular flexibility index (Phi) is 4.48. The summed E-state index contributed by atoms with van der Waals surface area (Å²) >= 11 is 0. The Morgan fingerprint density at radius 3 is 2.29 bits per heavy atom. The first-order valence-corrected chi connectivity index (χ1v) is 6.88. The zero-order chi connectivity index (χ0) is 15.4. The predicted octanol–water partition coefficient (Wildman–Crippen LogP) is 3.36. The van der Waals surface area contributed by atoms with E-state index in [1.807, 2.05) is 75.4 Å². The molecule has 2 rings (SSSR count). The monoisotopic (exact) mass is 283 g/mol. The van der Waals surface area contributed by atoms with E-state index in [0.29, 0.717) is 5.56 Å². The summed E-state index contributed by atoms with van der Waals surface area (Å²) < 4.78 is 0. The molecule has 4 nitrogen and oxygen atoms in total. The third-order valence-electron chi connectivity index (χ3n) is 3.33. The highest BCUT2D eigenvalue weighted by molar-refractivity contribution is 6.08. The van der Waals surface area contributed by atoms with Crippen molar-refractivity contribution in [1.29, 1.82) is 0 Å². The van der Waals surface area contributed by atoms with Crippen LogP contribution in [0.15, 0.2) is 42.5 Å². The number of hydrogen-bond acceptors (Lipinski definition) is 3. The SMILES string of the molecule is CNc1cc(C)ccc1C(=O)Nc1ccc(N(C)C)cc1. The summed E-state index contributed by atoms with van der Waals surface area (Å²) in [7, 11) is 5.79. The third-order valence-corrected chi connectivity index (χ3v) is 3.33. The Morgan fingerprint density at radius 2 is 1.71 bits per heavy atom. The van der Waals surface area contributed by atoms with Crippen LogP contribution >= 0.6 is 0 Å². The number of amides is 1. The van der Waals surface area contributed by atoms with Gasteiger partial charge in [0.2, 0.25) is 0 Å². The Balaban J connectivity index is 2.18. The molecule has 0 aromatic heterocycles. The molecule has 0 fully saturated rings. The van der Waals surface area contributed by atoms with Gasteiger partial charge in [-0.25, -0.2) is 0 Å². The number of nitrogens with one attached hydrogen (secondary N) is 2. The van der Waals surface area contributed by atoms with Gasteiger partial charge in [-0.3, -0.25) is 4.79 Å². The van der Waals surface area contributed by atoms with Crippen LogP contribution in [0.25, 0.3) is 0 Å². The van der Waals surface area contributed by atoms with Crippen molar-refractivity contribution < 1.29 is 4.79 Å². The Bertz CT molecular complexity index is 633. The minimum Gasteiger partial charge on any atom is -0.387 e. The summed E-state index contributed by atoms with van der Waals surface area (Å²) in [6.45, 7) is 2.00. The zero-order valence-corrected chi connectivity index (χ0v) is 12.9. The van der Waals surface area contributed by atoms with Crippen LogP contribution in [-0.2, 0) is 0 Å². The maximum absolute atomic E-state index is 12.4. The van der Waals surface area contributed by atoms with Gasteiger partial charge in [-0.1, -0.05) is 6.07 Å². The van der Waals surface area contributed by atoms with Crippen molar-refractivity contribution >= 4 is 23.0 Å². The lowest BCUT2D eigenvalue weighted by molar-refractivity contribution is 0.102. The topological polar surface area (TPSA) is 44.4 Å². The van der Waals surface area contributed by atoms with Crippen LogP contribution in [-0.4, -0.2) is 27.1 Å². The van der Waals surface area contributed by atoms with Gasteiger partial charge in [0.25, 0.3) is 5.91 Å². The lowest BCUT2D eigenvalue weighted by Crippen LogP contribution is -2.14. The van der Waals surface area contributed by atoms with Crippen LogP contribution in [0.3, 0.4) is 0 Å². The second kappa shape index (κ2) is 6.31. The maximum Gasteiger partial charge on any atom is 0.257 e. The molecule has 0 saturated heterocycles. The average molecular weight is 283 g/mol. The minimum absolute atomic E-state index is 0.114. The standard InChI is InChI=1S/C17H21N3O/c1-12-5-10-15(16(11-12)18-2)17(21)19-13-6-8-14(9-7-13)20(3)4/h5-11,18H,1-4H3,(H,19,21). The fraction of sp³-hybridized carbons (Fsp3) is 0.235. The van der Waals surface area contributed by atoms with E-state index in [1.165, 1.54) is 0 Å². The number of aryl methyl sites for hydroxylation is 1. The van der Waals surface area contributed by atoms with Crippen molar-refractivity contribution in [2.45, 2.75) is 6.92 Å². The Labute approximate surface area is 125 Å². The lowest BCUT2D eigenvalue weighted by atomic mass is 10.1. The molecule has 0 aliphatic heterocycles. The van der Waals surface area contributed by atoms with Crippen molar-refractivity contribution in [3.63, 3.8) is 0 Å². The summed E-state index contributed by atoms with van der Waals surface area (Å²) in [6.07, 6.45) is 0. The highest BCUT2D eigenvalue weighted by Crippen LogP contribution is 2.20. The molecule has 0 saturated carbocycles. The van der Waals surface area contributed by atoms with E-state index in [-0.39, 0.29) is 5.91 Å². The second-order valence-corrected chi connectivity index (χ2v) is 5.19. The highest BCUT2D eigenvalue weighted by Gasteiger charge is 2.11. The molecule has 0 heterocycles. The molecule has 0 spiro atoms. The molecule has 0 atom stereocenters.